The number of aliphatic hydroxyl groups excluding tert-OH is 1. The van der Waals surface area contributed by atoms with E-state index >= 15 is 0 Å². The Morgan fingerprint density at radius 3 is 2.60 bits per heavy atom. The molecule has 0 fully saturated rings. The smallest absolute Gasteiger partial charge is 0.124 e. The fourth-order valence-corrected chi connectivity index (χ4v) is 2.07. The number of aliphatic hydroxyl groups is 1. The molecule has 0 spiro atoms. The summed E-state index contributed by atoms with van der Waals surface area (Å²) in [7, 11) is 0. The fourth-order valence-electron chi connectivity index (χ4n) is 2.07. The number of aryl methyl sites for hydroxylation is 1. The molecule has 0 radical (unpaired) electrons. The number of halogens is 1. The van der Waals surface area contributed by atoms with E-state index in [2.05, 4.69) is 16.9 Å². The lowest BCUT2D eigenvalue weighted by molar-refractivity contribution is 0.350. The van der Waals surface area contributed by atoms with E-state index in [0.717, 1.165) is 22.5 Å². The van der Waals surface area contributed by atoms with Crippen LogP contribution in [0.4, 0.5) is 4.39 Å². The summed E-state index contributed by atoms with van der Waals surface area (Å²) in [6.07, 6.45) is 0. The SMILES string of the molecule is Cc1nn(Cc2cc(F)cc(C#CCO)c2)c(C)c1C. The first kappa shape index (κ1) is 14.3. The monoisotopic (exact) mass is 272 g/mol. The largest absolute Gasteiger partial charge is 0.384 e. The van der Waals surface area contributed by atoms with Crippen LogP contribution >= 0.6 is 0 Å². The number of hydrogen-bond acceptors (Lipinski definition) is 2. The lowest BCUT2D eigenvalue weighted by Gasteiger charge is -2.06. The zero-order valence-corrected chi connectivity index (χ0v) is 11.9. The second-order valence-corrected chi connectivity index (χ2v) is 4.76. The molecule has 0 unspecified atom stereocenters. The van der Waals surface area contributed by atoms with Gasteiger partial charge < -0.3 is 5.11 Å². The summed E-state index contributed by atoms with van der Waals surface area (Å²) in [6.45, 7) is 6.26. The lowest BCUT2D eigenvalue weighted by atomic mass is 10.1. The van der Waals surface area contributed by atoms with Crippen LogP contribution in [-0.2, 0) is 6.54 Å². The van der Waals surface area contributed by atoms with E-state index in [1.165, 1.54) is 12.1 Å². The van der Waals surface area contributed by atoms with Gasteiger partial charge in [0.2, 0.25) is 0 Å². The van der Waals surface area contributed by atoms with Gasteiger partial charge in [-0.1, -0.05) is 11.8 Å². The second kappa shape index (κ2) is 5.89. The highest BCUT2D eigenvalue weighted by Crippen LogP contribution is 2.15. The van der Waals surface area contributed by atoms with Gasteiger partial charge in [0.15, 0.2) is 0 Å². The first-order valence-corrected chi connectivity index (χ1v) is 6.41. The van der Waals surface area contributed by atoms with Gasteiger partial charge in [-0.25, -0.2) is 4.39 Å². The molecule has 2 aromatic rings. The van der Waals surface area contributed by atoms with Crippen LogP contribution in [0.2, 0.25) is 0 Å². The Morgan fingerprint density at radius 1 is 1.25 bits per heavy atom. The van der Waals surface area contributed by atoms with Crippen LogP contribution in [0.3, 0.4) is 0 Å². The molecule has 0 amide bonds. The number of hydrogen-bond donors (Lipinski definition) is 1. The molecule has 1 N–H and O–H groups in total. The quantitative estimate of drug-likeness (QED) is 0.852. The molecule has 0 saturated carbocycles. The van der Waals surface area contributed by atoms with E-state index in [-0.39, 0.29) is 12.4 Å². The third kappa shape index (κ3) is 3.06. The summed E-state index contributed by atoms with van der Waals surface area (Å²) in [4.78, 5) is 0. The summed E-state index contributed by atoms with van der Waals surface area (Å²) in [5, 5.41) is 13.1. The molecule has 0 aliphatic heterocycles. The topological polar surface area (TPSA) is 38.0 Å². The van der Waals surface area contributed by atoms with Crippen molar-refractivity contribution in [1.29, 1.82) is 0 Å². The van der Waals surface area contributed by atoms with Gasteiger partial charge in [0.25, 0.3) is 0 Å². The van der Waals surface area contributed by atoms with E-state index in [1.807, 2.05) is 31.5 Å². The summed E-state index contributed by atoms with van der Waals surface area (Å²) in [6, 6.07) is 4.66. The summed E-state index contributed by atoms with van der Waals surface area (Å²) in [5.41, 5.74) is 4.58. The molecule has 0 aliphatic rings. The highest BCUT2D eigenvalue weighted by atomic mass is 19.1. The van der Waals surface area contributed by atoms with Gasteiger partial charge in [-0.15, -0.1) is 0 Å². The highest BCUT2D eigenvalue weighted by Gasteiger charge is 2.08. The van der Waals surface area contributed by atoms with Crippen molar-refractivity contribution in [2.75, 3.05) is 6.61 Å². The maximum Gasteiger partial charge on any atom is 0.124 e. The van der Waals surface area contributed by atoms with E-state index < -0.39 is 0 Å². The summed E-state index contributed by atoms with van der Waals surface area (Å²) >= 11 is 0. The van der Waals surface area contributed by atoms with E-state index in [0.29, 0.717) is 12.1 Å². The minimum atomic E-state index is -0.331. The van der Waals surface area contributed by atoms with Crippen molar-refractivity contribution in [3.63, 3.8) is 0 Å². The van der Waals surface area contributed by atoms with Gasteiger partial charge in [0, 0.05) is 11.3 Å². The van der Waals surface area contributed by atoms with Crippen LogP contribution in [0.15, 0.2) is 18.2 Å². The average molecular weight is 272 g/mol. The predicted molar refractivity (Wildman–Crippen MR) is 75.9 cm³/mol. The van der Waals surface area contributed by atoms with Gasteiger partial charge in [-0.3, -0.25) is 4.68 Å². The van der Waals surface area contributed by atoms with Crippen LogP contribution in [-0.4, -0.2) is 21.5 Å². The third-order valence-corrected chi connectivity index (χ3v) is 3.34. The Hall–Kier alpha value is -2.12. The Kier molecular flexibility index (Phi) is 4.21. The van der Waals surface area contributed by atoms with Crippen LogP contribution < -0.4 is 0 Å². The molecule has 0 saturated heterocycles. The number of benzene rings is 1. The minimum Gasteiger partial charge on any atom is -0.384 e. The standard InChI is InChI=1S/C16H17FN2O/c1-11-12(2)18-19(13(11)3)10-15-7-14(5-4-6-20)8-16(17)9-15/h7-9,20H,6,10H2,1-3H3. The maximum absolute atomic E-state index is 13.6. The first-order chi connectivity index (χ1) is 9.51. The molecule has 2 rings (SSSR count). The molecule has 1 aromatic carbocycles. The minimum absolute atomic E-state index is 0.234. The molecule has 1 aromatic heterocycles. The molecule has 0 atom stereocenters. The lowest BCUT2D eigenvalue weighted by Crippen LogP contribution is -2.05. The van der Waals surface area contributed by atoms with Crippen LogP contribution in [0.5, 0.6) is 0 Å². The molecule has 104 valence electrons. The Bertz CT molecular complexity index is 692. The zero-order chi connectivity index (χ0) is 14.7. The van der Waals surface area contributed by atoms with Gasteiger partial charge in [-0.2, -0.15) is 5.10 Å². The maximum atomic E-state index is 13.6. The first-order valence-electron chi connectivity index (χ1n) is 6.41. The summed E-state index contributed by atoms with van der Waals surface area (Å²) < 4.78 is 15.4. The van der Waals surface area contributed by atoms with Gasteiger partial charge in [0.05, 0.1) is 12.2 Å². The molecule has 3 nitrogen and oxygen atoms in total. The number of aromatic nitrogens is 2. The van der Waals surface area contributed by atoms with Crippen molar-refractivity contribution in [2.24, 2.45) is 0 Å². The van der Waals surface area contributed by atoms with E-state index in [4.69, 9.17) is 5.11 Å². The molecule has 20 heavy (non-hydrogen) atoms. The molecule has 0 aliphatic carbocycles. The average Bonchev–Trinajstić information content (AvgIpc) is 2.63. The van der Waals surface area contributed by atoms with Crippen LogP contribution in [0.25, 0.3) is 0 Å². The van der Waals surface area contributed by atoms with Gasteiger partial charge >= 0.3 is 0 Å². The predicted octanol–water partition coefficient (Wildman–Crippen LogP) is 2.34. The second-order valence-electron chi connectivity index (χ2n) is 4.76. The third-order valence-electron chi connectivity index (χ3n) is 3.34. The molecule has 1 heterocycles. The fraction of sp³-hybridized carbons (Fsp3) is 0.312. The Morgan fingerprint density at radius 2 is 2.00 bits per heavy atom. The van der Waals surface area contributed by atoms with Crippen LogP contribution in [0, 0.1) is 38.4 Å². The summed E-state index contributed by atoms with van der Waals surface area (Å²) in [5.74, 6) is 4.92. The van der Waals surface area contributed by atoms with Crippen molar-refractivity contribution in [3.8, 4) is 11.8 Å². The zero-order valence-electron chi connectivity index (χ0n) is 11.9. The van der Waals surface area contributed by atoms with Crippen molar-refractivity contribution in [1.82, 2.24) is 9.78 Å². The van der Waals surface area contributed by atoms with Gasteiger partial charge in [-0.05, 0) is 50.1 Å². The van der Waals surface area contributed by atoms with Crippen molar-refractivity contribution in [2.45, 2.75) is 27.3 Å². The van der Waals surface area contributed by atoms with Crippen molar-refractivity contribution < 1.29 is 9.50 Å². The Labute approximate surface area is 118 Å². The molecular formula is C16H17FN2O. The van der Waals surface area contributed by atoms with Crippen molar-refractivity contribution in [3.05, 3.63) is 52.1 Å². The Balaban J connectivity index is 2.33. The van der Waals surface area contributed by atoms with Crippen molar-refractivity contribution >= 4 is 0 Å². The molecular weight excluding hydrogens is 255 g/mol. The van der Waals surface area contributed by atoms with E-state index in [1.54, 1.807) is 0 Å². The molecule has 4 heteroatoms. The normalized spacial score (nSPS) is 10.2. The molecule has 0 bridgehead atoms. The number of rotatable bonds is 2. The van der Waals surface area contributed by atoms with Crippen LogP contribution in [0.1, 0.15) is 28.1 Å². The van der Waals surface area contributed by atoms with E-state index in [9.17, 15) is 4.39 Å². The van der Waals surface area contributed by atoms with Gasteiger partial charge in [0.1, 0.15) is 12.4 Å². The highest BCUT2D eigenvalue weighted by molar-refractivity contribution is 5.38. The number of nitrogens with zero attached hydrogens (tertiary/aromatic N) is 2.